The number of amides is 2. The Labute approximate surface area is 159 Å². The van der Waals surface area contributed by atoms with Gasteiger partial charge >= 0.3 is 12.2 Å². The number of hydrogen-bond acceptors (Lipinski definition) is 3. The fraction of sp³-hybridized carbons (Fsp3) is 0.211. The summed E-state index contributed by atoms with van der Waals surface area (Å²) in [5.74, 6) is 0.698. The third-order valence-corrected chi connectivity index (χ3v) is 4.09. The molecule has 3 rings (SSSR count). The molecule has 2 aromatic heterocycles. The van der Waals surface area contributed by atoms with Gasteiger partial charge in [0.2, 0.25) is 0 Å². The molecule has 9 heteroatoms. The van der Waals surface area contributed by atoms with Crippen molar-refractivity contribution in [1.29, 1.82) is 0 Å². The van der Waals surface area contributed by atoms with Crippen LogP contribution in [-0.4, -0.2) is 20.6 Å². The van der Waals surface area contributed by atoms with Gasteiger partial charge in [0.05, 0.1) is 11.6 Å². The standard InChI is InChI=1S/C19H18F3N5O/c1-13(15-3-2-4-16(9-15)19(20,21)22)26-18(28)25-11-14-5-6-17(24-10-14)27-8-7-23-12-27/h2-10,12-13H,11H2,1H3,(H2,25,26,28). The number of nitrogens with zero attached hydrogens (tertiary/aromatic N) is 3. The Balaban J connectivity index is 1.54. The molecule has 1 unspecified atom stereocenters. The van der Waals surface area contributed by atoms with Crippen LogP contribution in [0.3, 0.4) is 0 Å². The van der Waals surface area contributed by atoms with E-state index in [0.29, 0.717) is 11.4 Å². The Bertz CT molecular complexity index is 923. The van der Waals surface area contributed by atoms with Gasteiger partial charge in [-0.3, -0.25) is 4.57 Å². The summed E-state index contributed by atoms with van der Waals surface area (Å²) >= 11 is 0. The molecule has 0 aliphatic carbocycles. The highest BCUT2D eigenvalue weighted by Crippen LogP contribution is 2.30. The van der Waals surface area contributed by atoms with Crippen molar-refractivity contribution in [2.24, 2.45) is 0 Å². The average molecular weight is 389 g/mol. The molecule has 0 fully saturated rings. The Morgan fingerprint density at radius 2 is 2.07 bits per heavy atom. The molecule has 146 valence electrons. The van der Waals surface area contributed by atoms with Gasteiger partial charge < -0.3 is 10.6 Å². The number of rotatable bonds is 5. The van der Waals surface area contributed by atoms with Gasteiger partial charge in [0.25, 0.3) is 0 Å². The molecule has 28 heavy (non-hydrogen) atoms. The van der Waals surface area contributed by atoms with E-state index in [1.807, 2.05) is 6.07 Å². The van der Waals surface area contributed by atoms with Crippen molar-refractivity contribution >= 4 is 6.03 Å². The molecule has 0 aliphatic heterocycles. The summed E-state index contributed by atoms with van der Waals surface area (Å²) in [4.78, 5) is 20.3. The highest BCUT2D eigenvalue weighted by molar-refractivity contribution is 5.74. The van der Waals surface area contributed by atoms with E-state index < -0.39 is 23.8 Å². The Morgan fingerprint density at radius 3 is 2.71 bits per heavy atom. The molecule has 6 nitrogen and oxygen atoms in total. The molecule has 0 aliphatic rings. The number of alkyl halides is 3. The molecule has 2 N–H and O–H groups in total. The number of benzene rings is 1. The van der Waals surface area contributed by atoms with E-state index in [0.717, 1.165) is 17.7 Å². The Kier molecular flexibility index (Phi) is 5.62. The fourth-order valence-electron chi connectivity index (χ4n) is 2.57. The molecule has 1 atom stereocenters. The number of carbonyl (C=O) groups is 1. The monoisotopic (exact) mass is 389 g/mol. The van der Waals surface area contributed by atoms with Crippen LogP contribution >= 0.6 is 0 Å². The summed E-state index contributed by atoms with van der Waals surface area (Å²) in [5.41, 5.74) is 0.408. The minimum atomic E-state index is -4.42. The van der Waals surface area contributed by atoms with Crippen LogP contribution in [0.2, 0.25) is 0 Å². The smallest absolute Gasteiger partial charge is 0.334 e. The van der Waals surface area contributed by atoms with Gasteiger partial charge in [0.15, 0.2) is 0 Å². The lowest BCUT2D eigenvalue weighted by molar-refractivity contribution is -0.137. The molecule has 0 saturated heterocycles. The number of imidazole rings is 1. The first-order valence-electron chi connectivity index (χ1n) is 8.48. The maximum atomic E-state index is 12.8. The molecular weight excluding hydrogens is 371 g/mol. The lowest BCUT2D eigenvalue weighted by Gasteiger charge is -2.17. The number of aromatic nitrogens is 3. The van der Waals surface area contributed by atoms with Crippen LogP contribution in [0, 0.1) is 0 Å². The first-order chi connectivity index (χ1) is 13.3. The average Bonchev–Trinajstić information content (AvgIpc) is 3.21. The lowest BCUT2D eigenvalue weighted by atomic mass is 10.1. The van der Waals surface area contributed by atoms with Crippen LogP contribution < -0.4 is 10.6 Å². The van der Waals surface area contributed by atoms with E-state index in [4.69, 9.17) is 0 Å². The van der Waals surface area contributed by atoms with Crippen molar-refractivity contribution in [2.45, 2.75) is 25.7 Å². The Hall–Kier alpha value is -3.36. The number of halogens is 3. The third-order valence-electron chi connectivity index (χ3n) is 4.09. The summed E-state index contributed by atoms with van der Waals surface area (Å²) in [6, 6.07) is 7.44. The van der Waals surface area contributed by atoms with Crippen LogP contribution in [0.4, 0.5) is 18.0 Å². The minimum Gasteiger partial charge on any atom is -0.334 e. The number of carbonyl (C=O) groups excluding carboxylic acids is 1. The second-order valence-corrected chi connectivity index (χ2v) is 6.17. The van der Waals surface area contributed by atoms with Crippen LogP contribution in [0.5, 0.6) is 0 Å². The number of nitrogens with one attached hydrogen (secondary N) is 2. The van der Waals surface area contributed by atoms with Crippen LogP contribution in [-0.2, 0) is 12.7 Å². The zero-order valence-electron chi connectivity index (χ0n) is 14.9. The van der Waals surface area contributed by atoms with Gasteiger partial charge in [-0.25, -0.2) is 14.8 Å². The topological polar surface area (TPSA) is 71.8 Å². The van der Waals surface area contributed by atoms with Crippen molar-refractivity contribution in [1.82, 2.24) is 25.2 Å². The van der Waals surface area contributed by atoms with Gasteiger partial charge in [-0.05, 0) is 36.2 Å². The lowest BCUT2D eigenvalue weighted by Crippen LogP contribution is -2.36. The van der Waals surface area contributed by atoms with E-state index in [1.165, 1.54) is 6.07 Å². The molecule has 0 bridgehead atoms. The molecule has 1 aromatic carbocycles. The van der Waals surface area contributed by atoms with Crippen LogP contribution in [0.1, 0.15) is 29.7 Å². The molecule has 2 heterocycles. The normalized spacial score (nSPS) is 12.4. The summed E-state index contributed by atoms with van der Waals surface area (Å²) < 4.78 is 40.2. The van der Waals surface area contributed by atoms with Crippen LogP contribution in [0.25, 0.3) is 5.82 Å². The zero-order chi connectivity index (χ0) is 20.1. The SMILES string of the molecule is CC(NC(=O)NCc1ccc(-n2ccnc2)nc1)c1cccc(C(F)(F)F)c1. The molecule has 3 aromatic rings. The highest BCUT2D eigenvalue weighted by Gasteiger charge is 2.30. The zero-order valence-corrected chi connectivity index (χ0v) is 14.9. The van der Waals surface area contributed by atoms with Gasteiger partial charge in [-0.15, -0.1) is 0 Å². The number of pyridine rings is 1. The maximum absolute atomic E-state index is 12.8. The second-order valence-electron chi connectivity index (χ2n) is 6.17. The molecule has 0 saturated carbocycles. The van der Waals surface area contributed by atoms with E-state index >= 15 is 0 Å². The van der Waals surface area contributed by atoms with Crippen molar-refractivity contribution in [3.05, 3.63) is 78.0 Å². The van der Waals surface area contributed by atoms with Gasteiger partial charge in [-0.1, -0.05) is 18.2 Å². The first-order valence-corrected chi connectivity index (χ1v) is 8.48. The first kappa shape index (κ1) is 19.4. The fourth-order valence-corrected chi connectivity index (χ4v) is 2.57. The molecule has 0 radical (unpaired) electrons. The van der Waals surface area contributed by atoms with Gasteiger partial charge in [-0.2, -0.15) is 13.2 Å². The van der Waals surface area contributed by atoms with Gasteiger partial charge in [0.1, 0.15) is 12.1 Å². The van der Waals surface area contributed by atoms with E-state index in [-0.39, 0.29) is 6.54 Å². The summed E-state index contributed by atoms with van der Waals surface area (Å²) in [6.45, 7) is 1.86. The Morgan fingerprint density at radius 1 is 1.25 bits per heavy atom. The number of urea groups is 1. The highest BCUT2D eigenvalue weighted by atomic mass is 19.4. The number of hydrogen-bond donors (Lipinski definition) is 2. The van der Waals surface area contributed by atoms with E-state index in [2.05, 4.69) is 20.6 Å². The van der Waals surface area contributed by atoms with Gasteiger partial charge in [0, 0.05) is 25.1 Å². The van der Waals surface area contributed by atoms with E-state index in [1.54, 1.807) is 48.5 Å². The summed E-state index contributed by atoms with van der Waals surface area (Å²) in [5, 5.41) is 5.30. The second kappa shape index (κ2) is 8.12. The van der Waals surface area contributed by atoms with Crippen molar-refractivity contribution in [2.75, 3.05) is 0 Å². The largest absolute Gasteiger partial charge is 0.416 e. The third kappa shape index (κ3) is 4.87. The van der Waals surface area contributed by atoms with Crippen LogP contribution in [0.15, 0.2) is 61.3 Å². The molecule has 2 amide bonds. The predicted molar refractivity (Wildman–Crippen MR) is 96.6 cm³/mol. The molecule has 0 spiro atoms. The molecular formula is C19H18F3N5O. The maximum Gasteiger partial charge on any atom is 0.416 e. The van der Waals surface area contributed by atoms with Crippen molar-refractivity contribution < 1.29 is 18.0 Å². The predicted octanol–water partition coefficient (Wildman–Crippen LogP) is 3.85. The minimum absolute atomic E-state index is 0.234. The summed E-state index contributed by atoms with van der Waals surface area (Å²) in [7, 11) is 0. The summed E-state index contributed by atoms with van der Waals surface area (Å²) in [6.07, 6.45) is 2.25. The van der Waals surface area contributed by atoms with Crippen molar-refractivity contribution in [3.63, 3.8) is 0 Å². The quantitative estimate of drug-likeness (QED) is 0.696. The van der Waals surface area contributed by atoms with E-state index in [9.17, 15) is 18.0 Å². The van der Waals surface area contributed by atoms with Crippen molar-refractivity contribution in [3.8, 4) is 5.82 Å².